The van der Waals surface area contributed by atoms with E-state index in [2.05, 4.69) is 24.5 Å². The van der Waals surface area contributed by atoms with E-state index >= 15 is 0 Å². The molecule has 6 unspecified atom stereocenters. The van der Waals surface area contributed by atoms with Crippen LogP contribution in [0.1, 0.15) is 43.9 Å². The van der Waals surface area contributed by atoms with Crippen molar-refractivity contribution in [3.05, 3.63) is 29.6 Å². The van der Waals surface area contributed by atoms with Gasteiger partial charge in [0, 0.05) is 11.9 Å². The highest BCUT2D eigenvalue weighted by atomic mass is 32.1. The summed E-state index contributed by atoms with van der Waals surface area (Å²) in [5.74, 6) is 1.68. The average molecular weight is 347 g/mol. The van der Waals surface area contributed by atoms with Crippen LogP contribution in [0.3, 0.4) is 0 Å². The van der Waals surface area contributed by atoms with Gasteiger partial charge in [-0.3, -0.25) is 9.78 Å². The molecule has 4 fully saturated rings. The van der Waals surface area contributed by atoms with Crippen LogP contribution in [0.25, 0.3) is 0 Å². The second-order valence-electron chi connectivity index (χ2n) is 7.98. The van der Waals surface area contributed by atoms with Gasteiger partial charge >= 0.3 is 5.97 Å². The smallest absolute Gasteiger partial charge is 0.312 e. The minimum absolute atomic E-state index is 0.173. The maximum Gasteiger partial charge on any atom is 0.312 e. The van der Waals surface area contributed by atoms with E-state index in [1.165, 1.54) is 6.42 Å². The first-order valence-electron chi connectivity index (χ1n) is 8.95. The van der Waals surface area contributed by atoms with E-state index in [-0.39, 0.29) is 30.3 Å². The van der Waals surface area contributed by atoms with Crippen molar-refractivity contribution >= 4 is 18.6 Å². The van der Waals surface area contributed by atoms with Crippen molar-refractivity contribution in [2.75, 3.05) is 0 Å². The molecule has 4 saturated carbocycles. The van der Waals surface area contributed by atoms with E-state index in [1.54, 1.807) is 6.20 Å². The van der Waals surface area contributed by atoms with Gasteiger partial charge in [-0.2, -0.15) is 12.6 Å². The van der Waals surface area contributed by atoms with E-state index in [9.17, 15) is 9.90 Å². The van der Waals surface area contributed by atoms with Crippen molar-refractivity contribution in [2.45, 2.75) is 50.6 Å². The number of hydrogen-bond donors (Lipinski definition) is 2. The Morgan fingerprint density at radius 3 is 2.88 bits per heavy atom. The Morgan fingerprint density at radius 2 is 2.17 bits per heavy atom. The lowest BCUT2D eigenvalue weighted by atomic mass is 9.46. The highest BCUT2D eigenvalue weighted by Crippen LogP contribution is 2.61. The second-order valence-corrected chi connectivity index (χ2v) is 8.29. The molecule has 4 nitrogen and oxygen atoms in total. The van der Waals surface area contributed by atoms with E-state index < -0.39 is 5.60 Å². The number of esters is 1. The van der Waals surface area contributed by atoms with E-state index in [0.717, 1.165) is 30.5 Å². The van der Waals surface area contributed by atoms with Crippen LogP contribution >= 0.6 is 12.6 Å². The first kappa shape index (κ1) is 16.4. The van der Waals surface area contributed by atoms with E-state index in [1.807, 2.05) is 12.1 Å². The molecule has 0 aliphatic heterocycles. The standard InChI is InChI=1S/C19H25NO3S/c1-11-14-4-13-5-15(6-14)17(19(11,22)7-13)18(21)23-9-16-3-2-12(10-24)8-20-16/h2-3,8,11,13-15,17,22,24H,4-7,9-10H2,1H3. The van der Waals surface area contributed by atoms with E-state index in [4.69, 9.17) is 4.74 Å². The van der Waals surface area contributed by atoms with E-state index in [0.29, 0.717) is 17.6 Å². The Labute approximate surface area is 148 Å². The quantitative estimate of drug-likeness (QED) is 0.649. The zero-order valence-electron chi connectivity index (χ0n) is 14.0. The number of carbonyl (C=O) groups excluding carboxylic acids is 1. The van der Waals surface area contributed by atoms with Gasteiger partial charge in [0.1, 0.15) is 6.61 Å². The maximum absolute atomic E-state index is 12.8. The van der Waals surface area contributed by atoms with Crippen LogP contribution in [-0.2, 0) is 21.9 Å². The van der Waals surface area contributed by atoms with Gasteiger partial charge in [0.15, 0.2) is 0 Å². The highest BCUT2D eigenvalue weighted by molar-refractivity contribution is 7.79. The predicted molar refractivity (Wildman–Crippen MR) is 93.3 cm³/mol. The Morgan fingerprint density at radius 1 is 1.38 bits per heavy atom. The molecule has 0 saturated heterocycles. The van der Waals surface area contributed by atoms with Gasteiger partial charge in [0.25, 0.3) is 0 Å². The Balaban J connectivity index is 1.46. The summed E-state index contributed by atoms with van der Waals surface area (Å²) in [6, 6.07) is 3.81. The number of aromatic nitrogens is 1. The minimum atomic E-state index is -0.866. The third-order valence-corrected chi connectivity index (χ3v) is 7.05. The molecule has 5 heteroatoms. The normalized spacial score (nSPS) is 39.9. The third kappa shape index (κ3) is 2.57. The molecular weight excluding hydrogens is 322 g/mol. The zero-order chi connectivity index (χ0) is 16.9. The molecule has 24 heavy (non-hydrogen) atoms. The molecule has 0 radical (unpaired) electrons. The molecular formula is C19H25NO3S. The number of pyridine rings is 1. The summed E-state index contributed by atoms with van der Waals surface area (Å²) in [6.45, 7) is 2.28. The summed E-state index contributed by atoms with van der Waals surface area (Å²) in [7, 11) is 0. The Hall–Kier alpha value is -1.07. The molecule has 130 valence electrons. The summed E-state index contributed by atoms with van der Waals surface area (Å²) < 4.78 is 5.56. The summed E-state index contributed by atoms with van der Waals surface area (Å²) in [4.78, 5) is 17.1. The number of carbonyl (C=O) groups is 1. The molecule has 1 heterocycles. The molecule has 1 N–H and O–H groups in total. The zero-order valence-corrected chi connectivity index (χ0v) is 14.9. The van der Waals surface area contributed by atoms with Gasteiger partial charge in [-0.25, -0.2) is 0 Å². The number of thiol groups is 1. The Kier molecular flexibility index (Phi) is 4.12. The van der Waals surface area contributed by atoms with Crippen LogP contribution in [0.5, 0.6) is 0 Å². The third-order valence-electron chi connectivity index (χ3n) is 6.68. The van der Waals surface area contributed by atoms with Crippen LogP contribution in [0.15, 0.2) is 18.3 Å². The molecule has 6 atom stereocenters. The van der Waals surface area contributed by atoms with Gasteiger partial charge in [-0.1, -0.05) is 13.0 Å². The number of hydrogen-bond acceptors (Lipinski definition) is 5. The van der Waals surface area contributed by atoms with Crippen molar-refractivity contribution in [2.24, 2.45) is 29.6 Å². The fourth-order valence-corrected chi connectivity index (χ4v) is 5.71. The number of nitrogens with zero attached hydrogens (tertiary/aromatic N) is 1. The second kappa shape index (κ2) is 6.03. The highest BCUT2D eigenvalue weighted by Gasteiger charge is 2.62. The molecule has 4 aliphatic carbocycles. The Bertz CT molecular complexity index is 634. The number of aliphatic hydroxyl groups is 1. The molecule has 5 rings (SSSR count). The van der Waals surface area contributed by atoms with Gasteiger partial charge in [-0.05, 0) is 61.0 Å². The number of ether oxygens (including phenoxy) is 1. The summed E-state index contributed by atoms with van der Waals surface area (Å²) in [6.07, 6.45) is 5.88. The predicted octanol–water partition coefficient (Wildman–Crippen LogP) is 2.99. The lowest BCUT2D eigenvalue weighted by Gasteiger charge is -2.61. The summed E-state index contributed by atoms with van der Waals surface area (Å²) in [5, 5.41) is 11.2. The van der Waals surface area contributed by atoms with Crippen molar-refractivity contribution in [3.63, 3.8) is 0 Å². The maximum atomic E-state index is 12.8. The number of rotatable bonds is 4. The average Bonchev–Trinajstić information content (AvgIpc) is 2.57. The van der Waals surface area contributed by atoms with Crippen LogP contribution in [0.4, 0.5) is 0 Å². The summed E-state index contributed by atoms with van der Waals surface area (Å²) >= 11 is 4.21. The van der Waals surface area contributed by atoms with Crippen LogP contribution < -0.4 is 0 Å². The molecule has 1 aromatic rings. The molecule has 1 aromatic heterocycles. The SMILES string of the molecule is CC1C2CC3CC(C2)C(C(=O)OCc2ccc(CS)cn2)C1(O)C3. The van der Waals surface area contributed by atoms with Crippen molar-refractivity contribution in [3.8, 4) is 0 Å². The largest absolute Gasteiger partial charge is 0.459 e. The topological polar surface area (TPSA) is 59.4 Å². The molecule has 0 spiro atoms. The first-order valence-corrected chi connectivity index (χ1v) is 9.58. The molecule has 0 aromatic carbocycles. The lowest BCUT2D eigenvalue weighted by Crippen LogP contribution is -2.64. The van der Waals surface area contributed by atoms with Crippen molar-refractivity contribution in [1.29, 1.82) is 0 Å². The van der Waals surface area contributed by atoms with Crippen LogP contribution in [0, 0.1) is 29.6 Å². The summed E-state index contributed by atoms with van der Waals surface area (Å²) in [5.41, 5.74) is 0.908. The lowest BCUT2D eigenvalue weighted by molar-refractivity contribution is -0.220. The fourth-order valence-electron chi connectivity index (χ4n) is 5.52. The van der Waals surface area contributed by atoms with Gasteiger partial charge in [0.05, 0.1) is 17.2 Å². The monoisotopic (exact) mass is 347 g/mol. The van der Waals surface area contributed by atoms with Crippen LogP contribution in [0.2, 0.25) is 0 Å². The van der Waals surface area contributed by atoms with Crippen molar-refractivity contribution in [1.82, 2.24) is 4.98 Å². The molecule has 0 amide bonds. The van der Waals surface area contributed by atoms with Gasteiger partial charge < -0.3 is 9.84 Å². The van der Waals surface area contributed by atoms with Gasteiger partial charge in [0.2, 0.25) is 0 Å². The minimum Gasteiger partial charge on any atom is -0.459 e. The van der Waals surface area contributed by atoms with Crippen molar-refractivity contribution < 1.29 is 14.6 Å². The first-order chi connectivity index (χ1) is 11.5. The fraction of sp³-hybridized carbons (Fsp3) is 0.684. The molecule has 4 bridgehead atoms. The van der Waals surface area contributed by atoms with Crippen LogP contribution in [-0.4, -0.2) is 21.7 Å². The van der Waals surface area contributed by atoms with Gasteiger partial charge in [-0.15, -0.1) is 0 Å². The molecule has 4 aliphatic rings.